The Morgan fingerprint density at radius 3 is 1.94 bits per heavy atom. The maximum atomic E-state index is 11.4. The average Bonchev–Trinajstić information content (AvgIpc) is 2.11. The van der Waals surface area contributed by atoms with E-state index < -0.39 is 36.0 Å². The average molecular weight is 232 g/mol. The van der Waals surface area contributed by atoms with Crippen molar-refractivity contribution in [1.29, 1.82) is 0 Å². The predicted octanol–water partition coefficient (Wildman–Crippen LogP) is -1.54. The summed E-state index contributed by atoms with van der Waals surface area (Å²) in [7, 11) is 0. The SMILES string of the molecule is CC(=O)NC(C)C(=O)NC(C(=O)O)C(C)O. The van der Waals surface area contributed by atoms with Gasteiger partial charge in [-0.15, -0.1) is 0 Å². The zero-order chi connectivity index (χ0) is 12.9. The lowest BCUT2D eigenvalue weighted by atomic mass is 10.1. The highest BCUT2D eigenvalue weighted by atomic mass is 16.4. The summed E-state index contributed by atoms with van der Waals surface area (Å²) in [5.41, 5.74) is 0. The van der Waals surface area contributed by atoms with E-state index in [0.717, 1.165) is 0 Å². The molecule has 16 heavy (non-hydrogen) atoms. The molecule has 0 aromatic carbocycles. The molecule has 0 aliphatic heterocycles. The van der Waals surface area contributed by atoms with Crippen LogP contribution in [0.5, 0.6) is 0 Å². The van der Waals surface area contributed by atoms with Gasteiger partial charge in [0.15, 0.2) is 6.04 Å². The van der Waals surface area contributed by atoms with E-state index in [1.807, 2.05) is 0 Å². The van der Waals surface area contributed by atoms with Gasteiger partial charge in [0.05, 0.1) is 6.10 Å². The van der Waals surface area contributed by atoms with E-state index >= 15 is 0 Å². The lowest BCUT2D eigenvalue weighted by Crippen LogP contribution is -2.53. The van der Waals surface area contributed by atoms with Crippen LogP contribution >= 0.6 is 0 Å². The van der Waals surface area contributed by atoms with E-state index in [-0.39, 0.29) is 0 Å². The van der Waals surface area contributed by atoms with Crippen molar-refractivity contribution in [1.82, 2.24) is 10.6 Å². The number of hydrogen-bond acceptors (Lipinski definition) is 4. The Bertz CT molecular complexity index is 290. The number of carboxylic acids is 1. The molecule has 0 heterocycles. The fourth-order valence-electron chi connectivity index (χ4n) is 1.04. The molecule has 3 atom stereocenters. The molecule has 0 saturated carbocycles. The summed E-state index contributed by atoms with van der Waals surface area (Å²) in [6, 6.07) is -2.23. The minimum absolute atomic E-state index is 0.397. The van der Waals surface area contributed by atoms with Crippen LogP contribution in [-0.4, -0.2) is 46.2 Å². The molecule has 3 unspecified atom stereocenters. The van der Waals surface area contributed by atoms with Crippen molar-refractivity contribution in [3.63, 3.8) is 0 Å². The van der Waals surface area contributed by atoms with E-state index in [1.165, 1.54) is 20.8 Å². The topological polar surface area (TPSA) is 116 Å². The van der Waals surface area contributed by atoms with Crippen molar-refractivity contribution in [2.75, 3.05) is 0 Å². The van der Waals surface area contributed by atoms with Gasteiger partial charge < -0.3 is 20.8 Å². The molecule has 0 aliphatic rings. The van der Waals surface area contributed by atoms with Crippen molar-refractivity contribution in [2.45, 2.75) is 39.0 Å². The Balaban J connectivity index is 4.40. The molecule has 7 nitrogen and oxygen atoms in total. The zero-order valence-electron chi connectivity index (χ0n) is 9.35. The van der Waals surface area contributed by atoms with Crippen molar-refractivity contribution in [2.24, 2.45) is 0 Å². The molecule has 0 aromatic rings. The van der Waals surface area contributed by atoms with Crippen molar-refractivity contribution in [3.8, 4) is 0 Å². The van der Waals surface area contributed by atoms with Crippen molar-refractivity contribution >= 4 is 17.8 Å². The summed E-state index contributed by atoms with van der Waals surface area (Å²) >= 11 is 0. The van der Waals surface area contributed by atoms with Gasteiger partial charge in [-0.25, -0.2) is 4.79 Å². The molecule has 0 bridgehead atoms. The van der Waals surface area contributed by atoms with Crippen LogP contribution in [0, 0.1) is 0 Å². The van der Waals surface area contributed by atoms with Gasteiger partial charge in [-0.3, -0.25) is 9.59 Å². The molecular weight excluding hydrogens is 216 g/mol. The van der Waals surface area contributed by atoms with Gasteiger partial charge >= 0.3 is 5.97 Å². The lowest BCUT2D eigenvalue weighted by Gasteiger charge is -2.19. The number of carbonyl (C=O) groups is 3. The number of rotatable bonds is 5. The highest BCUT2D eigenvalue weighted by molar-refractivity contribution is 5.89. The lowest BCUT2D eigenvalue weighted by molar-refractivity contribution is -0.145. The Morgan fingerprint density at radius 2 is 1.62 bits per heavy atom. The van der Waals surface area contributed by atoms with Crippen LogP contribution in [0.4, 0.5) is 0 Å². The van der Waals surface area contributed by atoms with Gasteiger partial charge in [-0.1, -0.05) is 0 Å². The molecule has 92 valence electrons. The van der Waals surface area contributed by atoms with E-state index in [9.17, 15) is 14.4 Å². The molecule has 0 saturated heterocycles. The molecule has 4 N–H and O–H groups in total. The summed E-state index contributed by atoms with van der Waals surface area (Å²) < 4.78 is 0. The minimum atomic E-state index is -1.39. The van der Waals surface area contributed by atoms with Crippen LogP contribution < -0.4 is 10.6 Å². The molecule has 0 aliphatic carbocycles. The Hall–Kier alpha value is -1.63. The minimum Gasteiger partial charge on any atom is -0.480 e. The molecular formula is C9H16N2O5. The second-order valence-electron chi connectivity index (χ2n) is 3.49. The second-order valence-corrected chi connectivity index (χ2v) is 3.49. The molecule has 0 radical (unpaired) electrons. The third-order valence-electron chi connectivity index (χ3n) is 1.86. The van der Waals surface area contributed by atoms with E-state index in [1.54, 1.807) is 0 Å². The molecule has 0 fully saturated rings. The third-order valence-corrected chi connectivity index (χ3v) is 1.86. The summed E-state index contributed by atoms with van der Waals surface area (Å²) in [6.45, 7) is 3.91. The summed E-state index contributed by atoms with van der Waals surface area (Å²) in [5.74, 6) is -2.39. The number of carboxylic acid groups (broad SMARTS) is 1. The maximum absolute atomic E-state index is 11.4. The highest BCUT2D eigenvalue weighted by Crippen LogP contribution is 1.94. The zero-order valence-corrected chi connectivity index (χ0v) is 9.35. The number of carbonyl (C=O) groups excluding carboxylic acids is 2. The molecule has 0 rings (SSSR count). The van der Waals surface area contributed by atoms with E-state index in [0.29, 0.717) is 0 Å². The first-order valence-corrected chi connectivity index (χ1v) is 4.74. The van der Waals surface area contributed by atoms with Crippen LogP contribution in [0.2, 0.25) is 0 Å². The summed E-state index contributed by atoms with van der Waals surface area (Å²) in [5, 5.41) is 22.2. The first-order valence-electron chi connectivity index (χ1n) is 4.74. The fourth-order valence-corrected chi connectivity index (χ4v) is 1.04. The van der Waals surface area contributed by atoms with Gasteiger partial charge in [-0.05, 0) is 13.8 Å². The van der Waals surface area contributed by atoms with Crippen LogP contribution in [0.25, 0.3) is 0 Å². The Kier molecular flexibility index (Phi) is 5.44. The number of nitrogens with one attached hydrogen (secondary N) is 2. The van der Waals surface area contributed by atoms with Gasteiger partial charge in [0.25, 0.3) is 0 Å². The number of aliphatic hydroxyl groups excluding tert-OH is 1. The van der Waals surface area contributed by atoms with Crippen molar-refractivity contribution in [3.05, 3.63) is 0 Å². The van der Waals surface area contributed by atoms with E-state index in [4.69, 9.17) is 10.2 Å². The van der Waals surface area contributed by atoms with Gasteiger partial charge in [0.2, 0.25) is 11.8 Å². The van der Waals surface area contributed by atoms with Crippen LogP contribution in [-0.2, 0) is 14.4 Å². The Morgan fingerprint density at radius 1 is 1.12 bits per heavy atom. The first-order chi connectivity index (χ1) is 7.25. The maximum Gasteiger partial charge on any atom is 0.328 e. The Labute approximate surface area is 92.8 Å². The van der Waals surface area contributed by atoms with Crippen LogP contribution in [0.3, 0.4) is 0 Å². The van der Waals surface area contributed by atoms with E-state index in [2.05, 4.69) is 10.6 Å². The number of aliphatic carboxylic acids is 1. The largest absolute Gasteiger partial charge is 0.480 e. The summed E-state index contributed by atoms with van der Waals surface area (Å²) in [4.78, 5) is 32.7. The summed E-state index contributed by atoms with van der Waals surface area (Å²) in [6.07, 6.45) is -1.22. The van der Waals surface area contributed by atoms with Crippen molar-refractivity contribution < 1.29 is 24.6 Å². The monoisotopic (exact) mass is 232 g/mol. The fraction of sp³-hybridized carbons (Fsp3) is 0.667. The molecule has 7 heteroatoms. The predicted molar refractivity (Wildman–Crippen MR) is 54.5 cm³/mol. The smallest absolute Gasteiger partial charge is 0.328 e. The standard InChI is InChI=1S/C9H16N2O5/c1-4(10-6(3)13)8(14)11-7(5(2)12)9(15)16/h4-5,7,12H,1-3H3,(H,10,13)(H,11,14)(H,15,16). The van der Waals surface area contributed by atoms with Crippen LogP contribution in [0.1, 0.15) is 20.8 Å². The van der Waals surface area contributed by atoms with Gasteiger partial charge in [0.1, 0.15) is 6.04 Å². The number of hydrogen-bond donors (Lipinski definition) is 4. The van der Waals surface area contributed by atoms with Gasteiger partial charge in [0, 0.05) is 6.92 Å². The second kappa shape index (κ2) is 6.06. The molecule has 2 amide bonds. The molecule has 0 aromatic heterocycles. The highest BCUT2D eigenvalue weighted by Gasteiger charge is 2.27. The molecule has 0 spiro atoms. The quantitative estimate of drug-likeness (QED) is 0.458. The van der Waals surface area contributed by atoms with Crippen LogP contribution in [0.15, 0.2) is 0 Å². The number of aliphatic hydroxyl groups is 1. The van der Waals surface area contributed by atoms with Gasteiger partial charge in [-0.2, -0.15) is 0 Å². The first kappa shape index (κ1) is 14.4. The third kappa shape index (κ3) is 4.74. The normalized spacial score (nSPS) is 15.8. The number of amides is 2.